The van der Waals surface area contributed by atoms with Crippen LogP contribution in [0.3, 0.4) is 0 Å². The van der Waals surface area contributed by atoms with Gasteiger partial charge in [-0.1, -0.05) is 0 Å². The van der Waals surface area contributed by atoms with Crippen molar-refractivity contribution in [2.75, 3.05) is 26.9 Å². The highest BCUT2D eigenvalue weighted by Crippen LogP contribution is 2.26. The van der Waals surface area contributed by atoms with E-state index in [2.05, 4.69) is 10.1 Å². The zero-order valence-electron chi connectivity index (χ0n) is 10.3. The molecule has 6 heteroatoms. The van der Waals surface area contributed by atoms with Crippen LogP contribution in [0.5, 0.6) is 0 Å². The van der Waals surface area contributed by atoms with Crippen LogP contribution in [0.25, 0.3) is 0 Å². The molecule has 1 atom stereocenters. The summed E-state index contributed by atoms with van der Waals surface area (Å²) in [6, 6.07) is 0. The quantitative estimate of drug-likeness (QED) is 0.743. The van der Waals surface area contributed by atoms with Crippen molar-refractivity contribution in [1.82, 2.24) is 5.32 Å². The summed E-state index contributed by atoms with van der Waals surface area (Å²) in [4.78, 5) is 22.9. The molecule has 1 aliphatic heterocycles. The fourth-order valence-electron chi connectivity index (χ4n) is 1.77. The maximum atomic E-state index is 11.9. The fraction of sp³-hybridized carbons (Fsp3) is 0.818. The van der Waals surface area contributed by atoms with Gasteiger partial charge in [0.1, 0.15) is 0 Å². The molecule has 0 bridgehead atoms. The Bertz CT molecular complexity index is 273. The van der Waals surface area contributed by atoms with Gasteiger partial charge >= 0.3 is 12.1 Å². The van der Waals surface area contributed by atoms with Crippen LogP contribution < -0.4 is 5.32 Å². The van der Waals surface area contributed by atoms with E-state index in [0.717, 1.165) is 12.8 Å². The Kier molecular flexibility index (Phi) is 5.21. The minimum Gasteiger partial charge on any atom is -0.464 e. The first-order valence-electron chi connectivity index (χ1n) is 5.77. The van der Waals surface area contributed by atoms with Crippen LogP contribution in [-0.4, -0.2) is 44.5 Å². The van der Waals surface area contributed by atoms with E-state index in [1.165, 1.54) is 7.11 Å². The number of hydrogen-bond acceptors (Lipinski definition) is 5. The molecule has 98 valence electrons. The van der Waals surface area contributed by atoms with E-state index in [9.17, 15) is 9.59 Å². The Labute approximate surface area is 101 Å². The van der Waals surface area contributed by atoms with E-state index in [0.29, 0.717) is 19.6 Å². The van der Waals surface area contributed by atoms with Gasteiger partial charge in [0.25, 0.3) is 0 Å². The first-order chi connectivity index (χ1) is 8.14. The molecule has 0 aromatic rings. The normalized spacial score (nSPS) is 23.9. The third-order valence-corrected chi connectivity index (χ3v) is 2.70. The molecular weight excluding hydrogens is 226 g/mol. The van der Waals surface area contributed by atoms with Crippen molar-refractivity contribution in [3.63, 3.8) is 0 Å². The van der Waals surface area contributed by atoms with Gasteiger partial charge in [0.05, 0.1) is 20.3 Å². The van der Waals surface area contributed by atoms with E-state index in [4.69, 9.17) is 9.47 Å². The molecule has 0 spiro atoms. The van der Waals surface area contributed by atoms with Crippen molar-refractivity contribution in [2.24, 2.45) is 0 Å². The number of nitrogens with one attached hydrogen (secondary N) is 1. The third kappa shape index (κ3) is 3.59. The largest absolute Gasteiger partial charge is 0.464 e. The van der Waals surface area contributed by atoms with Crippen LogP contribution in [0.1, 0.15) is 26.2 Å². The standard InChI is InChI=1S/C11H19NO5/c1-3-16-9(13)11(6-4-5-7-17-11)8-12-10(14)15-2/h3-8H2,1-2H3,(H,12,14). The number of rotatable bonds is 4. The molecule has 1 heterocycles. The summed E-state index contributed by atoms with van der Waals surface area (Å²) in [6.45, 7) is 2.62. The molecule has 1 unspecified atom stereocenters. The lowest BCUT2D eigenvalue weighted by Crippen LogP contribution is -2.53. The predicted molar refractivity (Wildman–Crippen MR) is 59.6 cm³/mol. The van der Waals surface area contributed by atoms with Crippen molar-refractivity contribution < 1.29 is 23.8 Å². The highest BCUT2D eigenvalue weighted by Gasteiger charge is 2.42. The highest BCUT2D eigenvalue weighted by atomic mass is 16.6. The zero-order chi connectivity index (χ0) is 12.7. The molecule has 6 nitrogen and oxygen atoms in total. The summed E-state index contributed by atoms with van der Waals surface area (Å²) in [6.07, 6.45) is 1.76. The van der Waals surface area contributed by atoms with E-state index in [-0.39, 0.29) is 6.54 Å². The Morgan fingerprint density at radius 2 is 2.18 bits per heavy atom. The molecule has 1 amide bonds. The lowest BCUT2D eigenvalue weighted by atomic mass is 9.93. The Morgan fingerprint density at radius 3 is 2.71 bits per heavy atom. The number of carbonyl (C=O) groups is 2. The first kappa shape index (κ1) is 13.8. The highest BCUT2D eigenvalue weighted by molar-refractivity contribution is 5.81. The van der Waals surface area contributed by atoms with Gasteiger partial charge in [-0.15, -0.1) is 0 Å². The summed E-state index contributed by atoms with van der Waals surface area (Å²) in [5.74, 6) is -0.420. The van der Waals surface area contributed by atoms with E-state index >= 15 is 0 Å². The lowest BCUT2D eigenvalue weighted by molar-refractivity contribution is -0.177. The first-order valence-corrected chi connectivity index (χ1v) is 5.77. The fourth-order valence-corrected chi connectivity index (χ4v) is 1.77. The van der Waals surface area contributed by atoms with Gasteiger partial charge in [-0.2, -0.15) is 0 Å². The van der Waals surface area contributed by atoms with Crippen molar-refractivity contribution in [1.29, 1.82) is 0 Å². The van der Waals surface area contributed by atoms with Crippen molar-refractivity contribution in [3.05, 3.63) is 0 Å². The van der Waals surface area contributed by atoms with Crippen molar-refractivity contribution >= 4 is 12.1 Å². The summed E-state index contributed by atoms with van der Waals surface area (Å²) in [5.41, 5.74) is -1.05. The van der Waals surface area contributed by atoms with Crippen LogP contribution in [0.4, 0.5) is 4.79 Å². The molecule has 1 N–H and O–H groups in total. The molecule has 1 fully saturated rings. The smallest absolute Gasteiger partial charge is 0.406 e. The van der Waals surface area contributed by atoms with Crippen LogP contribution in [0, 0.1) is 0 Å². The van der Waals surface area contributed by atoms with Crippen LogP contribution in [0.15, 0.2) is 0 Å². The van der Waals surface area contributed by atoms with Crippen molar-refractivity contribution in [2.45, 2.75) is 31.8 Å². The van der Waals surface area contributed by atoms with E-state index in [1.807, 2.05) is 0 Å². The average molecular weight is 245 g/mol. The Morgan fingerprint density at radius 1 is 1.41 bits per heavy atom. The number of carbonyl (C=O) groups excluding carboxylic acids is 2. The molecule has 0 saturated carbocycles. The molecule has 1 saturated heterocycles. The topological polar surface area (TPSA) is 73.9 Å². The van der Waals surface area contributed by atoms with Gasteiger partial charge in [-0.05, 0) is 26.2 Å². The maximum Gasteiger partial charge on any atom is 0.406 e. The van der Waals surface area contributed by atoms with Gasteiger partial charge in [-0.25, -0.2) is 9.59 Å². The number of esters is 1. The molecule has 0 aromatic heterocycles. The summed E-state index contributed by atoms with van der Waals surface area (Å²) >= 11 is 0. The molecular formula is C11H19NO5. The molecule has 17 heavy (non-hydrogen) atoms. The average Bonchev–Trinajstić information content (AvgIpc) is 2.37. The number of methoxy groups -OCH3 is 1. The van der Waals surface area contributed by atoms with Gasteiger partial charge in [0.15, 0.2) is 5.60 Å². The van der Waals surface area contributed by atoms with Crippen LogP contribution in [-0.2, 0) is 19.0 Å². The van der Waals surface area contributed by atoms with E-state index in [1.54, 1.807) is 6.92 Å². The number of ether oxygens (including phenoxy) is 3. The second-order valence-electron chi connectivity index (χ2n) is 3.87. The molecule has 0 radical (unpaired) electrons. The Hall–Kier alpha value is -1.30. The molecule has 0 aromatic carbocycles. The maximum absolute atomic E-state index is 11.9. The number of hydrogen-bond donors (Lipinski definition) is 1. The van der Waals surface area contributed by atoms with Crippen molar-refractivity contribution in [3.8, 4) is 0 Å². The summed E-state index contributed by atoms with van der Waals surface area (Å²) in [5, 5.41) is 2.50. The van der Waals surface area contributed by atoms with Gasteiger partial charge in [0.2, 0.25) is 0 Å². The SMILES string of the molecule is CCOC(=O)C1(CNC(=O)OC)CCCCO1. The molecule has 0 aliphatic carbocycles. The monoisotopic (exact) mass is 245 g/mol. The number of alkyl carbamates (subject to hydrolysis) is 1. The van der Waals surface area contributed by atoms with Crippen LogP contribution in [0.2, 0.25) is 0 Å². The van der Waals surface area contributed by atoms with Gasteiger partial charge in [0, 0.05) is 6.61 Å². The zero-order valence-corrected chi connectivity index (χ0v) is 10.3. The minimum absolute atomic E-state index is 0.0819. The summed E-state index contributed by atoms with van der Waals surface area (Å²) in [7, 11) is 1.27. The predicted octanol–water partition coefficient (Wildman–Crippen LogP) is 0.845. The third-order valence-electron chi connectivity index (χ3n) is 2.70. The lowest BCUT2D eigenvalue weighted by Gasteiger charge is -2.34. The minimum atomic E-state index is -1.05. The summed E-state index contributed by atoms with van der Waals surface area (Å²) < 4.78 is 15.0. The molecule has 1 aliphatic rings. The van der Waals surface area contributed by atoms with Gasteiger partial charge < -0.3 is 19.5 Å². The molecule has 1 rings (SSSR count). The van der Waals surface area contributed by atoms with Crippen LogP contribution >= 0.6 is 0 Å². The van der Waals surface area contributed by atoms with E-state index < -0.39 is 17.7 Å². The number of amides is 1. The second-order valence-corrected chi connectivity index (χ2v) is 3.87. The van der Waals surface area contributed by atoms with Gasteiger partial charge in [-0.3, -0.25) is 0 Å². The Balaban J connectivity index is 2.64. The second kappa shape index (κ2) is 6.44.